The van der Waals surface area contributed by atoms with Crippen LogP contribution < -0.4 is 4.74 Å². The van der Waals surface area contributed by atoms with Gasteiger partial charge in [-0.05, 0) is 36.8 Å². The minimum Gasteiger partial charge on any atom is -0.477 e. The molecule has 26 heavy (non-hydrogen) atoms. The Bertz CT molecular complexity index is 964. The third-order valence-electron chi connectivity index (χ3n) is 3.57. The predicted molar refractivity (Wildman–Crippen MR) is 87.4 cm³/mol. The van der Waals surface area contributed by atoms with E-state index in [-0.39, 0.29) is 17.0 Å². The number of nitrogens with zero attached hydrogens (tertiary/aromatic N) is 2. The van der Waals surface area contributed by atoms with E-state index in [2.05, 4.69) is 9.84 Å². The normalized spacial score (nSPS) is 11.4. The number of carbonyl (C=O) groups is 1. The summed E-state index contributed by atoms with van der Waals surface area (Å²) in [6.45, 7) is 1.65. The first-order chi connectivity index (χ1) is 12.2. The quantitative estimate of drug-likeness (QED) is 0.745. The van der Waals surface area contributed by atoms with Crippen molar-refractivity contribution in [2.45, 2.75) is 13.3 Å². The molecular formula is C18H13F3N2O3. The first kappa shape index (κ1) is 17.5. The van der Waals surface area contributed by atoms with Gasteiger partial charge in [0.15, 0.2) is 5.69 Å². The molecule has 2 aromatic carbocycles. The van der Waals surface area contributed by atoms with Crippen molar-refractivity contribution in [3.05, 3.63) is 66.0 Å². The van der Waals surface area contributed by atoms with Crippen LogP contribution in [0.15, 0.2) is 54.6 Å². The summed E-state index contributed by atoms with van der Waals surface area (Å²) in [5.41, 5.74) is 1.54. The number of rotatable bonds is 4. The lowest BCUT2D eigenvalue weighted by Crippen LogP contribution is -2.17. The molecule has 0 bridgehead atoms. The van der Waals surface area contributed by atoms with Crippen LogP contribution in [-0.2, 0) is 0 Å². The average molecular weight is 362 g/mol. The van der Waals surface area contributed by atoms with E-state index in [4.69, 9.17) is 0 Å². The Kier molecular flexibility index (Phi) is 4.41. The molecule has 0 saturated heterocycles. The lowest BCUT2D eigenvalue weighted by Gasteiger charge is -2.14. The number of aryl methyl sites for hydroxylation is 1. The first-order valence-corrected chi connectivity index (χ1v) is 7.50. The Hall–Kier alpha value is -3.29. The van der Waals surface area contributed by atoms with Crippen molar-refractivity contribution in [3.8, 4) is 22.6 Å². The van der Waals surface area contributed by atoms with Crippen LogP contribution in [0.5, 0.6) is 5.75 Å². The van der Waals surface area contributed by atoms with E-state index in [9.17, 15) is 23.1 Å². The highest BCUT2D eigenvalue weighted by Gasteiger charge is 2.32. The van der Waals surface area contributed by atoms with Gasteiger partial charge in [-0.2, -0.15) is 5.10 Å². The monoisotopic (exact) mass is 362 g/mol. The summed E-state index contributed by atoms with van der Waals surface area (Å²) < 4.78 is 43.2. The van der Waals surface area contributed by atoms with Gasteiger partial charge in [0.25, 0.3) is 0 Å². The van der Waals surface area contributed by atoms with E-state index in [0.29, 0.717) is 16.9 Å². The standard InChI is InChI=1S/C18H13F3N2O3/c1-11-9-15(17(24)25)23(22-11)13-6-4-5-12(10-13)14-7-2-3-8-16(14)26-18(19,20)21/h2-10H,1H3,(H,24,25). The van der Waals surface area contributed by atoms with E-state index >= 15 is 0 Å². The molecule has 3 rings (SSSR count). The Morgan fingerprint density at radius 3 is 2.54 bits per heavy atom. The number of hydrogen-bond donors (Lipinski definition) is 1. The highest BCUT2D eigenvalue weighted by Crippen LogP contribution is 2.34. The van der Waals surface area contributed by atoms with Crippen LogP contribution in [0.3, 0.4) is 0 Å². The maximum absolute atomic E-state index is 12.6. The smallest absolute Gasteiger partial charge is 0.477 e. The molecule has 0 aliphatic rings. The van der Waals surface area contributed by atoms with Gasteiger partial charge in [0.2, 0.25) is 0 Å². The number of halogens is 3. The van der Waals surface area contributed by atoms with Crippen LogP contribution in [0.2, 0.25) is 0 Å². The van der Waals surface area contributed by atoms with E-state index in [1.54, 1.807) is 37.3 Å². The topological polar surface area (TPSA) is 64.3 Å². The minimum atomic E-state index is -4.82. The molecule has 0 fully saturated rings. The molecule has 1 N–H and O–H groups in total. The third kappa shape index (κ3) is 3.69. The zero-order valence-electron chi connectivity index (χ0n) is 13.5. The molecule has 0 amide bonds. The van der Waals surface area contributed by atoms with Gasteiger partial charge in [0, 0.05) is 5.56 Å². The van der Waals surface area contributed by atoms with Gasteiger partial charge in [-0.3, -0.25) is 0 Å². The van der Waals surface area contributed by atoms with Crippen LogP contribution >= 0.6 is 0 Å². The summed E-state index contributed by atoms with van der Waals surface area (Å²) in [6.07, 6.45) is -4.82. The number of benzene rings is 2. The number of aromatic carboxylic acids is 1. The minimum absolute atomic E-state index is 0.0422. The number of alkyl halides is 3. The van der Waals surface area contributed by atoms with Gasteiger partial charge >= 0.3 is 12.3 Å². The molecule has 0 saturated carbocycles. The molecule has 8 heteroatoms. The molecule has 0 radical (unpaired) electrons. The van der Waals surface area contributed by atoms with Crippen molar-refractivity contribution in [3.63, 3.8) is 0 Å². The van der Waals surface area contributed by atoms with Gasteiger partial charge in [-0.15, -0.1) is 13.2 Å². The molecule has 0 aliphatic heterocycles. The van der Waals surface area contributed by atoms with Crippen LogP contribution in [0, 0.1) is 6.92 Å². The molecular weight excluding hydrogens is 349 g/mol. The van der Waals surface area contributed by atoms with Crippen LogP contribution in [0.4, 0.5) is 13.2 Å². The molecule has 0 spiro atoms. The highest BCUT2D eigenvalue weighted by molar-refractivity contribution is 5.86. The summed E-state index contributed by atoms with van der Waals surface area (Å²) >= 11 is 0. The van der Waals surface area contributed by atoms with Crippen LogP contribution in [-0.4, -0.2) is 27.2 Å². The highest BCUT2D eigenvalue weighted by atomic mass is 19.4. The van der Waals surface area contributed by atoms with Crippen molar-refractivity contribution in [2.24, 2.45) is 0 Å². The van der Waals surface area contributed by atoms with Crippen molar-refractivity contribution < 1.29 is 27.8 Å². The summed E-state index contributed by atoms with van der Waals surface area (Å²) in [6, 6.07) is 13.5. The van der Waals surface area contributed by atoms with Gasteiger partial charge in [0.05, 0.1) is 11.4 Å². The Balaban J connectivity index is 2.09. The van der Waals surface area contributed by atoms with E-state index in [1.807, 2.05) is 0 Å². The lowest BCUT2D eigenvalue weighted by atomic mass is 10.0. The largest absolute Gasteiger partial charge is 0.573 e. The van der Waals surface area contributed by atoms with Crippen LogP contribution in [0.25, 0.3) is 16.8 Å². The van der Waals surface area contributed by atoms with E-state index in [1.165, 1.54) is 28.9 Å². The van der Waals surface area contributed by atoms with Crippen molar-refractivity contribution >= 4 is 5.97 Å². The predicted octanol–water partition coefficient (Wildman–Crippen LogP) is 4.44. The Labute approximate surface area is 146 Å². The fraction of sp³-hybridized carbons (Fsp3) is 0.111. The van der Waals surface area contributed by atoms with Crippen LogP contribution in [0.1, 0.15) is 16.2 Å². The van der Waals surface area contributed by atoms with Gasteiger partial charge < -0.3 is 9.84 Å². The molecule has 1 aromatic heterocycles. The number of aromatic nitrogens is 2. The zero-order valence-corrected chi connectivity index (χ0v) is 13.5. The molecule has 134 valence electrons. The molecule has 0 atom stereocenters. The summed E-state index contributed by atoms with van der Waals surface area (Å²) in [5.74, 6) is -1.50. The number of carboxylic acids is 1. The maximum atomic E-state index is 12.6. The number of para-hydroxylation sites is 1. The van der Waals surface area contributed by atoms with Crippen molar-refractivity contribution in [2.75, 3.05) is 0 Å². The fourth-order valence-electron chi connectivity index (χ4n) is 2.57. The average Bonchev–Trinajstić information content (AvgIpc) is 2.96. The SMILES string of the molecule is Cc1cc(C(=O)O)n(-c2cccc(-c3ccccc3OC(F)(F)F)c2)n1. The lowest BCUT2D eigenvalue weighted by molar-refractivity contribution is -0.274. The molecule has 0 aliphatic carbocycles. The van der Waals surface area contributed by atoms with Crippen molar-refractivity contribution in [1.29, 1.82) is 0 Å². The van der Waals surface area contributed by atoms with E-state index < -0.39 is 12.3 Å². The fourth-order valence-corrected chi connectivity index (χ4v) is 2.57. The second-order valence-electron chi connectivity index (χ2n) is 5.48. The molecule has 1 heterocycles. The molecule has 3 aromatic rings. The second kappa shape index (κ2) is 6.55. The number of hydrogen-bond acceptors (Lipinski definition) is 3. The summed E-state index contributed by atoms with van der Waals surface area (Å²) in [7, 11) is 0. The summed E-state index contributed by atoms with van der Waals surface area (Å²) in [4.78, 5) is 11.4. The zero-order chi connectivity index (χ0) is 18.9. The first-order valence-electron chi connectivity index (χ1n) is 7.50. The van der Waals surface area contributed by atoms with E-state index in [0.717, 1.165) is 0 Å². The van der Waals surface area contributed by atoms with Gasteiger partial charge in [-0.25, -0.2) is 9.48 Å². The molecule has 0 unspecified atom stereocenters. The Morgan fingerprint density at radius 2 is 1.85 bits per heavy atom. The summed E-state index contributed by atoms with van der Waals surface area (Å²) in [5, 5.41) is 13.4. The second-order valence-corrected chi connectivity index (χ2v) is 5.48. The van der Waals surface area contributed by atoms with Crippen molar-refractivity contribution in [1.82, 2.24) is 9.78 Å². The number of ether oxygens (including phenoxy) is 1. The third-order valence-corrected chi connectivity index (χ3v) is 3.57. The van der Waals surface area contributed by atoms with Gasteiger partial charge in [0.1, 0.15) is 5.75 Å². The number of carboxylic acid groups (broad SMARTS) is 1. The Morgan fingerprint density at radius 1 is 1.12 bits per heavy atom. The molecule has 5 nitrogen and oxygen atoms in total. The van der Waals surface area contributed by atoms with Gasteiger partial charge in [-0.1, -0.05) is 30.3 Å². The maximum Gasteiger partial charge on any atom is 0.573 e.